The quantitative estimate of drug-likeness (QED) is 0.730. The Morgan fingerprint density at radius 2 is 2.47 bits per heavy atom. The minimum atomic E-state index is -1.04. The Balaban J connectivity index is 2.93. The minimum Gasteiger partial charge on any atom is -0.477 e. The molecule has 0 unspecified atom stereocenters. The molecule has 5 heteroatoms. The highest BCUT2D eigenvalue weighted by atomic mass is 16.4. The molecular formula is C10H11N3O2. The molecule has 0 radical (unpaired) electrons. The maximum atomic E-state index is 10.9. The van der Waals surface area contributed by atoms with Crippen LogP contribution in [0.5, 0.6) is 0 Å². The molecule has 15 heavy (non-hydrogen) atoms. The Hall–Kier alpha value is -2.09. The summed E-state index contributed by atoms with van der Waals surface area (Å²) in [6.45, 7) is 0.563. The second kappa shape index (κ2) is 4.96. The first-order chi connectivity index (χ1) is 7.16. The fourth-order valence-corrected chi connectivity index (χ4v) is 1.12. The summed E-state index contributed by atoms with van der Waals surface area (Å²) in [6, 6.07) is 0. The summed E-state index contributed by atoms with van der Waals surface area (Å²) in [5.41, 5.74) is 0.0806. The minimum absolute atomic E-state index is 0.0806. The van der Waals surface area contributed by atoms with Gasteiger partial charge in [-0.2, -0.15) is 0 Å². The average molecular weight is 205 g/mol. The standard InChI is InChI=1S/C10H11N3O2/c1-3-4-5-13(2)9-8(10(14)15)6-11-7-12-9/h1,6-7H,4-5H2,2H3,(H,14,15). The number of hydrogen-bond acceptors (Lipinski definition) is 4. The molecule has 1 heterocycles. The third-order valence-electron chi connectivity index (χ3n) is 1.87. The number of carboxylic acids is 1. The van der Waals surface area contributed by atoms with E-state index in [1.807, 2.05) is 0 Å². The molecule has 0 aliphatic rings. The predicted molar refractivity (Wildman–Crippen MR) is 55.7 cm³/mol. The Kier molecular flexibility index (Phi) is 3.63. The summed E-state index contributed by atoms with van der Waals surface area (Å²) in [7, 11) is 1.74. The van der Waals surface area contributed by atoms with Gasteiger partial charge in [-0.1, -0.05) is 0 Å². The van der Waals surface area contributed by atoms with Gasteiger partial charge in [0.1, 0.15) is 17.7 Å². The number of aromatic carboxylic acids is 1. The van der Waals surface area contributed by atoms with Gasteiger partial charge in [-0.05, 0) is 0 Å². The predicted octanol–water partition coefficient (Wildman–Crippen LogP) is 0.634. The molecule has 1 N–H and O–H groups in total. The molecule has 1 aromatic rings. The molecule has 5 nitrogen and oxygen atoms in total. The van der Waals surface area contributed by atoms with Crippen molar-refractivity contribution < 1.29 is 9.90 Å². The lowest BCUT2D eigenvalue weighted by atomic mass is 10.3. The van der Waals surface area contributed by atoms with Crippen molar-refractivity contribution >= 4 is 11.8 Å². The first-order valence-corrected chi connectivity index (χ1v) is 4.34. The van der Waals surface area contributed by atoms with E-state index in [1.165, 1.54) is 12.5 Å². The molecule has 1 rings (SSSR count). The van der Waals surface area contributed by atoms with Gasteiger partial charge in [0, 0.05) is 26.2 Å². The van der Waals surface area contributed by atoms with Crippen molar-refractivity contribution in [1.29, 1.82) is 0 Å². The molecule has 1 aromatic heterocycles. The van der Waals surface area contributed by atoms with Gasteiger partial charge in [-0.3, -0.25) is 0 Å². The maximum absolute atomic E-state index is 10.9. The van der Waals surface area contributed by atoms with Crippen molar-refractivity contribution in [3.05, 3.63) is 18.1 Å². The summed E-state index contributed by atoms with van der Waals surface area (Å²) in [5, 5.41) is 8.89. The van der Waals surface area contributed by atoms with Crippen LogP contribution in [0.15, 0.2) is 12.5 Å². The summed E-state index contributed by atoms with van der Waals surface area (Å²) < 4.78 is 0. The molecule has 0 saturated heterocycles. The molecule has 0 spiro atoms. The Labute approximate surface area is 87.8 Å². The van der Waals surface area contributed by atoms with E-state index in [9.17, 15) is 4.79 Å². The lowest BCUT2D eigenvalue weighted by molar-refractivity contribution is 0.0696. The largest absolute Gasteiger partial charge is 0.477 e. The van der Waals surface area contributed by atoms with E-state index >= 15 is 0 Å². The molecule has 78 valence electrons. The van der Waals surface area contributed by atoms with Gasteiger partial charge in [0.05, 0.1) is 0 Å². The topological polar surface area (TPSA) is 66.3 Å². The molecule has 0 aliphatic carbocycles. The van der Waals surface area contributed by atoms with E-state index in [1.54, 1.807) is 11.9 Å². The third-order valence-corrected chi connectivity index (χ3v) is 1.87. The average Bonchev–Trinajstić information content (AvgIpc) is 2.25. The highest BCUT2D eigenvalue weighted by Crippen LogP contribution is 2.14. The molecule has 0 amide bonds. The molecule has 0 aromatic carbocycles. The second-order valence-corrected chi connectivity index (χ2v) is 2.94. The fourth-order valence-electron chi connectivity index (χ4n) is 1.12. The van der Waals surface area contributed by atoms with Crippen LogP contribution in [0.3, 0.4) is 0 Å². The van der Waals surface area contributed by atoms with E-state index in [0.717, 1.165) is 0 Å². The van der Waals surface area contributed by atoms with Gasteiger partial charge in [0.2, 0.25) is 0 Å². The van der Waals surface area contributed by atoms with E-state index in [0.29, 0.717) is 18.8 Å². The number of hydrogen-bond donors (Lipinski definition) is 1. The van der Waals surface area contributed by atoms with Crippen molar-refractivity contribution in [2.45, 2.75) is 6.42 Å². The fraction of sp³-hybridized carbons (Fsp3) is 0.300. The lowest BCUT2D eigenvalue weighted by Crippen LogP contribution is -2.22. The maximum Gasteiger partial charge on any atom is 0.341 e. The van der Waals surface area contributed by atoms with Crippen LogP contribution in [-0.2, 0) is 0 Å². The number of nitrogens with zero attached hydrogens (tertiary/aromatic N) is 3. The molecule has 0 bridgehead atoms. The highest BCUT2D eigenvalue weighted by Gasteiger charge is 2.14. The van der Waals surface area contributed by atoms with Crippen molar-refractivity contribution in [3.63, 3.8) is 0 Å². The van der Waals surface area contributed by atoms with Crippen molar-refractivity contribution in [3.8, 4) is 12.3 Å². The summed E-state index contributed by atoms with van der Waals surface area (Å²) in [5.74, 6) is 1.82. The molecular weight excluding hydrogens is 194 g/mol. The van der Waals surface area contributed by atoms with Crippen LogP contribution >= 0.6 is 0 Å². The van der Waals surface area contributed by atoms with Crippen molar-refractivity contribution in [1.82, 2.24) is 9.97 Å². The zero-order valence-corrected chi connectivity index (χ0v) is 8.34. The Bertz CT molecular complexity index is 398. The van der Waals surface area contributed by atoms with Crippen molar-refractivity contribution in [2.24, 2.45) is 0 Å². The highest BCUT2D eigenvalue weighted by molar-refractivity contribution is 5.92. The zero-order valence-electron chi connectivity index (χ0n) is 8.34. The van der Waals surface area contributed by atoms with Crippen LogP contribution in [0, 0.1) is 12.3 Å². The number of anilines is 1. The molecule has 0 aliphatic heterocycles. The van der Waals surface area contributed by atoms with Gasteiger partial charge in [0.25, 0.3) is 0 Å². The number of carboxylic acid groups (broad SMARTS) is 1. The lowest BCUT2D eigenvalue weighted by Gasteiger charge is -2.17. The summed E-state index contributed by atoms with van der Waals surface area (Å²) in [4.78, 5) is 20.1. The first-order valence-electron chi connectivity index (χ1n) is 4.34. The van der Waals surface area contributed by atoms with E-state index in [2.05, 4.69) is 15.9 Å². The van der Waals surface area contributed by atoms with Crippen LogP contribution < -0.4 is 4.90 Å². The number of rotatable bonds is 4. The Morgan fingerprint density at radius 3 is 3.07 bits per heavy atom. The smallest absolute Gasteiger partial charge is 0.341 e. The van der Waals surface area contributed by atoms with E-state index in [-0.39, 0.29) is 5.56 Å². The number of aromatic nitrogens is 2. The monoisotopic (exact) mass is 205 g/mol. The Morgan fingerprint density at radius 1 is 1.73 bits per heavy atom. The molecule has 0 saturated carbocycles. The van der Waals surface area contributed by atoms with E-state index in [4.69, 9.17) is 11.5 Å². The number of carbonyl (C=O) groups is 1. The van der Waals surface area contributed by atoms with Crippen LogP contribution in [-0.4, -0.2) is 34.6 Å². The summed E-state index contributed by atoms with van der Waals surface area (Å²) >= 11 is 0. The van der Waals surface area contributed by atoms with Crippen LogP contribution in [0.25, 0.3) is 0 Å². The molecule has 0 fully saturated rings. The zero-order chi connectivity index (χ0) is 11.3. The van der Waals surface area contributed by atoms with Gasteiger partial charge >= 0.3 is 5.97 Å². The van der Waals surface area contributed by atoms with Gasteiger partial charge in [-0.15, -0.1) is 12.3 Å². The van der Waals surface area contributed by atoms with E-state index < -0.39 is 5.97 Å². The first kappa shape index (κ1) is 11.0. The van der Waals surface area contributed by atoms with Crippen LogP contribution in [0.2, 0.25) is 0 Å². The van der Waals surface area contributed by atoms with Crippen molar-refractivity contribution in [2.75, 3.05) is 18.5 Å². The SMILES string of the molecule is C#CCCN(C)c1ncncc1C(=O)O. The van der Waals surface area contributed by atoms with Gasteiger partial charge in [-0.25, -0.2) is 14.8 Å². The second-order valence-electron chi connectivity index (χ2n) is 2.94. The van der Waals surface area contributed by atoms with Crippen LogP contribution in [0.1, 0.15) is 16.8 Å². The van der Waals surface area contributed by atoms with Gasteiger partial charge in [0.15, 0.2) is 0 Å². The normalized spacial score (nSPS) is 9.33. The third kappa shape index (κ3) is 2.68. The van der Waals surface area contributed by atoms with Gasteiger partial charge < -0.3 is 10.0 Å². The van der Waals surface area contributed by atoms with Crippen LogP contribution in [0.4, 0.5) is 5.82 Å². The number of terminal acetylenes is 1. The summed E-state index contributed by atoms with van der Waals surface area (Å²) in [6.07, 6.45) is 8.26. The molecule has 0 atom stereocenters.